The number of hydrogen-bond acceptors (Lipinski definition) is 3. The average Bonchev–Trinajstić information content (AvgIpc) is 2.84. The van der Waals surface area contributed by atoms with Crippen LogP contribution in [0.2, 0.25) is 5.15 Å². The second-order valence-electron chi connectivity index (χ2n) is 5.13. The summed E-state index contributed by atoms with van der Waals surface area (Å²) in [5.41, 5.74) is 2.71. The molecule has 0 aliphatic carbocycles. The van der Waals surface area contributed by atoms with Crippen molar-refractivity contribution >= 4 is 11.6 Å². The molecule has 0 N–H and O–H groups in total. The molecule has 114 valence electrons. The van der Waals surface area contributed by atoms with E-state index in [9.17, 15) is 4.79 Å². The third-order valence-corrected chi connectivity index (χ3v) is 3.90. The molecule has 0 saturated carbocycles. The van der Waals surface area contributed by atoms with Gasteiger partial charge in [0.05, 0.1) is 23.9 Å². The van der Waals surface area contributed by atoms with E-state index in [4.69, 9.17) is 16.9 Å². The molecular formula is C17H13ClN4O. The second kappa shape index (κ2) is 6.11. The van der Waals surface area contributed by atoms with Gasteiger partial charge in [-0.05, 0) is 37.3 Å². The Morgan fingerprint density at radius 1 is 1.26 bits per heavy atom. The van der Waals surface area contributed by atoms with Gasteiger partial charge in [0, 0.05) is 23.7 Å². The minimum absolute atomic E-state index is 0.160. The first-order chi connectivity index (χ1) is 11.1. The van der Waals surface area contributed by atoms with Crippen LogP contribution in [0.5, 0.6) is 0 Å². The first-order valence-corrected chi connectivity index (χ1v) is 7.36. The van der Waals surface area contributed by atoms with Gasteiger partial charge >= 0.3 is 5.69 Å². The summed E-state index contributed by atoms with van der Waals surface area (Å²) in [6, 6.07) is 12.6. The van der Waals surface area contributed by atoms with Crippen LogP contribution in [0.1, 0.15) is 16.8 Å². The van der Waals surface area contributed by atoms with E-state index in [1.807, 2.05) is 13.0 Å². The van der Waals surface area contributed by atoms with Crippen LogP contribution >= 0.6 is 11.6 Å². The minimum Gasteiger partial charge on any atom is -0.294 e. The Balaban J connectivity index is 2.01. The van der Waals surface area contributed by atoms with E-state index < -0.39 is 0 Å². The maximum absolute atomic E-state index is 12.7. The Kier molecular flexibility index (Phi) is 4.00. The van der Waals surface area contributed by atoms with Crippen molar-refractivity contribution in [2.75, 3.05) is 0 Å². The van der Waals surface area contributed by atoms with Gasteiger partial charge in [0.25, 0.3) is 0 Å². The number of hydrogen-bond donors (Lipinski definition) is 0. The third kappa shape index (κ3) is 2.89. The molecule has 0 aliphatic heterocycles. The second-order valence-corrected chi connectivity index (χ2v) is 5.49. The Labute approximate surface area is 138 Å². The predicted octanol–water partition coefficient (Wildman–Crippen LogP) is 2.92. The van der Waals surface area contributed by atoms with Crippen molar-refractivity contribution in [2.24, 2.45) is 0 Å². The highest BCUT2D eigenvalue weighted by Crippen LogP contribution is 2.14. The van der Waals surface area contributed by atoms with Gasteiger partial charge in [-0.1, -0.05) is 17.7 Å². The van der Waals surface area contributed by atoms with E-state index in [1.54, 1.807) is 51.9 Å². The van der Waals surface area contributed by atoms with Gasteiger partial charge in [0.1, 0.15) is 5.15 Å². The summed E-state index contributed by atoms with van der Waals surface area (Å²) in [4.78, 5) is 16.7. The van der Waals surface area contributed by atoms with E-state index in [1.165, 1.54) is 0 Å². The van der Waals surface area contributed by atoms with E-state index in [2.05, 4.69) is 11.1 Å². The van der Waals surface area contributed by atoms with Crippen molar-refractivity contribution in [1.29, 1.82) is 5.26 Å². The van der Waals surface area contributed by atoms with Crippen molar-refractivity contribution < 1.29 is 0 Å². The maximum atomic E-state index is 12.7. The zero-order chi connectivity index (χ0) is 16.4. The molecule has 0 aliphatic rings. The van der Waals surface area contributed by atoms with E-state index in [0.717, 1.165) is 16.9 Å². The van der Waals surface area contributed by atoms with Gasteiger partial charge in [0.2, 0.25) is 0 Å². The minimum atomic E-state index is -0.160. The monoisotopic (exact) mass is 324 g/mol. The predicted molar refractivity (Wildman–Crippen MR) is 87.8 cm³/mol. The first-order valence-electron chi connectivity index (χ1n) is 6.99. The Morgan fingerprint density at radius 3 is 2.65 bits per heavy atom. The SMILES string of the molecule is Cc1cn(Cc2cccnc2Cl)c(=O)n1-c1ccc(C#N)cc1. The van der Waals surface area contributed by atoms with Crippen molar-refractivity contribution in [3.8, 4) is 11.8 Å². The summed E-state index contributed by atoms with van der Waals surface area (Å²) in [6.07, 6.45) is 3.39. The number of benzene rings is 1. The van der Waals surface area contributed by atoms with Crippen molar-refractivity contribution in [3.05, 3.63) is 81.3 Å². The summed E-state index contributed by atoms with van der Waals surface area (Å²) in [7, 11) is 0. The van der Waals surface area contributed by atoms with Crippen LogP contribution in [0.15, 0.2) is 53.6 Å². The molecule has 0 spiro atoms. The van der Waals surface area contributed by atoms with E-state index >= 15 is 0 Å². The molecule has 3 aromatic rings. The van der Waals surface area contributed by atoms with Gasteiger partial charge < -0.3 is 0 Å². The van der Waals surface area contributed by atoms with Crippen LogP contribution in [0.3, 0.4) is 0 Å². The van der Waals surface area contributed by atoms with Gasteiger partial charge in [-0.15, -0.1) is 0 Å². The molecule has 0 radical (unpaired) electrons. The number of imidazole rings is 1. The highest BCUT2D eigenvalue weighted by Gasteiger charge is 2.11. The normalized spacial score (nSPS) is 10.5. The molecule has 0 amide bonds. The number of nitrogens with zero attached hydrogens (tertiary/aromatic N) is 4. The van der Waals surface area contributed by atoms with Gasteiger partial charge in [-0.2, -0.15) is 5.26 Å². The molecule has 0 fully saturated rings. The fraction of sp³-hybridized carbons (Fsp3) is 0.118. The Hall–Kier alpha value is -2.84. The number of aromatic nitrogens is 3. The maximum Gasteiger partial charge on any atom is 0.333 e. The molecule has 2 aromatic heterocycles. The quantitative estimate of drug-likeness (QED) is 0.696. The highest BCUT2D eigenvalue weighted by atomic mass is 35.5. The lowest BCUT2D eigenvalue weighted by molar-refractivity contribution is 0.739. The fourth-order valence-electron chi connectivity index (χ4n) is 2.45. The first kappa shape index (κ1) is 15.1. The van der Waals surface area contributed by atoms with Crippen molar-refractivity contribution in [3.63, 3.8) is 0 Å². The number of halogens is 1. The Bertz CT molecular complexity index is 948. The summed E-state index contributed by atoms with van der Waals surface area (Å²) in [6.45, 7) is 2.22. The van der Waals surface area contributed by atoms with Gasteiger partial charge in [-0.3, -0.25) is 9.13 Å². The fourth-order valence-corrected chi connectivity index (χ4v) is 2.63. The Morgan fingerprint density at radius 2 is 2.00 bits per heavy atom. The van der Waals surface area contributed by atoms with Gasteiger partial charge in [-0.25, -0.2) is 9.78 Å². The van der Waals surface area contributed by atoms with Gasteiger partial charge in [0.15, 0.2) is 0 Å². The van der Waals surface area contributed by atoms with Crippen LogP contribution in [0, 0.1) is 18.3 Å². The summed E-state index contributed by atoms with van der Waals surface area (Å²) in [5.74, 6) is 0. The van der Waals surface area contributed by atoms with Crippen molar-refractivity contribution in [2.45, 2.75) is 13.5 Å². The lowest BCUT2D eigenvalue weighted by Crippen LogP contribution is -2.24. The molecule has 2 heterocycles. The van der Waals surface area contributed by atoms with Crippen molar-refractivity contribution in [1.82, 2.24) is 14.1 Å². The molecule has 0 atom stereocenters. The molecule has 0 bridgehead atoms. The summed E-state index contributed by atoms with van der Waals surface area (Å²) < 4.78 is 3.20. The molecule has 3 rings (SSSR count). The topological polar surface area (TPSA) is 63.6 Å². The zero-order valence-corrected chi connectivity index (χ0v) is 13.2. The van der Waals surface area contributed by atoms with Crippen LogP contribution < -0.4 is 5.69 Å². The molecular weight excluding hydrogens is 312 g/mol. The summed E-state index contributed by atoms with van der Waals surface area (Å²) in [5, 5.41) is 9.25. The molecule has 6 heteroatoms. The number of pyridine rings is 1. The van der Waals surface area contributed by atoms with Crippen LogP contribution in [-0.2, 0) is 6.54 Å². The highest BCUT2D eigenvalue weighted by molar-refractivity contribution is 6.30. The standard InChI is InChI=1S/C17H13ClN4O/c1-12-10-21(11-14-3-2-8-20-16(14)18)17(23)22(12)15-6-4-13(9-19)5-7-15/h2-8,10H,11H2,1H3. The van der Waals surface area contributed by atoms with E-state index in [0.29, 0.717) is 17.3 Å². The number of aryl methyl sites for hydroxylation is 1. The largest absolute Gasteiger partial charge is 0.333 e. The third-order valence-electron chi connectivity index (χ3n) is 3.56. The molecule has 5 nitrogen and oxygen atoms in total. The number of nitriles is 1. The molecule has 23 heavy (non-hydrogen) atoms. The van der Waals surface area contributed by atoms with Crippen LogP contribution in [0.4, 0.5) is 0 Å². The van der Waals surface area contributed by atoms with E-state index in [-0.39, 0.29) is 5.69 Å². The lowest BCUT2D eigenvalue weighted by Gasteiger charge is -2.05. The van der Waals surface area contributed by atoms with Crippen LogP contribution in [0.25, 0.3) is 5.69 Å². The smallest absolute Gasteiger partial charge is 0.294 e. The molecule has 0 unspecified atom stereocenters. The summed E-state index contributed by atoms with van der Waals surface area (Å²) >= 11 is 6.06. The average molecular weight is 325 g/mol. The van der Waals surface area contributed by atoms with Crippen LogP contribution in [-0.4, -0.2) is 14.1 Å². The number of rotatable bonds is 3. The molecule has 0 saturated heterocycles. The zero-order valence-electron chi connectivity index (χ0n) is 12.4. The lowest BCUT2D eigenvalue weighted by atomic mass is 10.2. The molecule has 1 aromatic carbocycles.